The standard InChI is InChI=1S/C22H20F4N8O/c1-32-15(8-16(30-32)22(24,25)26)19-12-7-11-4-3-5-14(17(12)31-33(19)2)34(11)21(35)18-13-6-10(23)9-27-20(13)29-28-18/h6,8-9,11,14H,3-5,7H2,1-2H3,(H,27,28,29)/t11-,14+/m1/s1. The molecular formula is C22H20F4N8O. The van der Waals surface area contributed by atoms with Gasteiger partial charge in [0.25, 0.3) is 5.91 Å². The number of alkyl halides is 3. The highest BCUT2D eigenvalue weighted by molar-refractivity contribution is 6.04. The fraction of sp³-hybridized carbons (Fsp3) is 0.409. The molecule has 0 aromatic carbocycles. The van der Waals surface area contributed by atoms with E-state index in [-0.39, 0.29) is 29.3 Å². The van der Waals surface area contributed by atoms with Crippen molar-refractivity contribution in [1.82, 2.24) is 39.6 Å². The zero-order valence-electron chi connectivity index (χ0n) is 18.8. The van der Waals surface area contributed by atoms with Crippen molar-refractivity contribution in [2.45, 2.75) is 43.9 Å². The number of fused-ring (bicyclic) bond motifs is 5. The van der Waals surface area contributed by atoms with Crippen molar-refractivity contribution in [2.75, 3.05) is 0 Å². The third-order valence-corrected chi connectivity index (χ3v) is 6.91. The highest BCUT2D eigenvalue weighted by Gasteiger charge is 2.45. The lowest BCUT2D eigenvalue weighted by Gasteiger charge is -2.45. The number of nitrogens with one attached hydrogen (secondary N) is 1. The van der Waals surface area contributed by atoms with Gasteiger partial charge < -0.3 is 4.90 Å². The van der Waals surface area contributed by atoms with Crippen LogP contribution < -0.4 is 0 Å². The van der Waals surface area contributed by atoms with Crippen molar-refractivity contribution in [3.63, 3.8) is 0 Å². The van der Waals surface area contributed by atoms with Crippen LogP contribution in [0.3, 0.4) is 0 Å². The molecule has 182 valence electrons. The number of aromatic amines is 1. The highest BCUT2D eigenvalue weighted by atomic mass is 19.4. The van der Waals surface area contributed by atoms with Crippen LogP contribution in [0.15, 0.2) is 18.3 Å². The van der Waals surface area contributed by atoms with E-state index in [1.54, 1.807) is 16.6 Å². The lowest BCUT2D eigenvalue weighted by molar-refractivity contribution is -0.141. The maximum atomic E-state index is 13.8. The summed E-state index contributed by atoms with van der Waals surface area (Å²) < 4.78 is 56.5. The molecule has 0 radical (unpaired) electrons. The Hall–Kier alpha value is -3.77. The predicted molar refractivity (Wildman–Crippen MR) is 115 cm³/mol. The topological polar surface area (TPSA) is 97.5 Å². The van der Waals surface area contributed by atoms with Crippen LogP contribution in [0.4, 0.5) is 17.6 Å². The molecule has 2 atom stereocenters. The van der Waals surface area contributed by atoms with E-state index in [0.717, 1.165) is 30.7 Å². The number of piperidine rings is 1. The molecule has 1 N–H and O–H groups in total. The Bertz CT molecular complexity index is 1480. The number of rotatable bonds is 2. The molecule has 4 aromatic heterocycles. The van der Waals surface area contributed by atoms with Gasteiger partial charge in [0.1, 0.15) is 11.5 Å². The zero-order valence-corrected chi connectivity index (χ0v) is 18.8. The van der Waals surface area contributed by atoms with Crippen molar-refractivity contribution in [1.29, 1.82) is 0 Å². The van der Waals surface area contributed by atoms with Crippen molar-refractivity contribution in [3.8, 4) is 11.4 Å². The van der Waals surface area contributed by atoms with Gasteiger partial charge in [-0.2, -0.15) is 28.5 Å². The Morgan fingerprint density at radius 1 is 1.14 bits per heavy atom. The van der Waals surface area contributed by atoms with Crippen LogP contribution in [0.5, 0.6) is 0 Å². The Morgan fingerprint density at radius 3 is 2.69 bits per heavy atom. The Labute approximate surface area is 195 Å². The molecule has 35 heavy (non-hydrogen) atoms. The fourth-order valence-electron chi connectivity index (χ4n) is 5.46. The second-order valence-electron chi connectivity index (χ2n) is 9.01. The van der Waals surface area contributed by atoms with E-state index in [9.17, 15) is 22.4 Å². The van der Waals surface area contributed by atoms with E-state index >= 15 is 0 Å². The number of carbonyl (C=O) groups is 1. The number of aromatic nitrogens is 7. The van der Waals surface area contributed by atoms with Gasteiger partial charge in [-0.15, -0.1) is 0 Å². The molecule has 2 aliphatic rings. The molecule has 2 aliphatic heterocycles. The van der Waals surface area contributed by atoms with E-state index in [4.69, 9.17) is 0 Å². The fourth-order valence-corrected chi connectivity index (χ4v) is 5.46. The van der Waals surface area contributed by atoms with E-state index in [0.29, 0.717) is 35.3 Å². The minimum atomic E-state index is -4.56. The first kappa shape index (κ1) is 21.7. The van der Waals surface area contributed by atoms with Crippen LogP contribution >= 0.6 is 0 Å². The van der Waals surface area contributed by atoms with E-state index in [1.165, 1.54) is 17.8 Å². The van der Waals surface area contributed by atoms with Crippen molar-refractivity contribution in [3.05, 3.63) is 46.8 Å². The smallest absolute Gasteiger partial charge is 0.325 e. The summed E-state index contributed by atoms with van der Waals surface area (Å²) in [7, 11) is 3.15. The molecule has 0 spiro atoms. The number of nitrogens with zero attached hydrogens (tertiary/aromatic N) is 7. The zero-order chi connectivity index (χ0) is 24.6. The van der Waals surface area contributed by atoms with Gasteiger partial charge in [0, 0.05) is 25.7 Å². The van der Waals surface area contributed by atoms with Crippen molar-refractivity contribution >= 4 is 16.9 Å². The predicted octanol–water partition coefficient (Wildman–Crippen LogP) is 3.54. The quantitative estimate of drug-likeness (QED) is 0.436. The van der Waals surface area contributed by atoms with Crippen molar-refractivity contribution in [2.24, 2.45) is 14.1 Å². The van der Waals surface area contributed by atoms with Gasteiger partial charge in [-0.3, -0.25) is 19.3 Å². The van der Waals surface area contributed by atoms with Crippen LogP contribution in [0.25, 0.3) is 22.4 Å². The normalized spacial score (nSPS) is 19.9. The minimum absolute atomic E-state index is 0.157. The molecule has 13 heteroatoms. The Balaban J connectivity index is 1.43. The maximum Gasteiger partial charge on any atom is 0.435 e. The molecule has 6 heterocycles. The number of pyridine rings is 1. The van der Waals surface area contributed by atoms with Gasteiger partial charge in [-0.05, 0) is 37.8 Å². The molecule has 1 saturated heterocycles. The summed E-state index contributed by atoms with van der Waals surface area (Å²) in [6.45, 7) is 0. The van der Waals surface area contributed by atoms with Gasteiger partial charge >= 0.3 is 6.18 Å². The SMILES string of the molecule is Cn1nc(C(F)(F)F)cc1-c1c2c(nn1C)[C@@H]1CCC[C@H](C2)N1C(=O)c1[nH]nc2ncc(F)cc12. The summed E-state index contributed by atoms with van der Waals surface area (Å²) in [4.78, 5) is 19.3. The minimum Gasteiger partial charge on any atom is -0.325 e. The molecule has 4 aromatic rings. The molecule has 0 saturated carbocycles. The average Bonchev–Trinajstić information content (AvgIpc) is 3.47. The van der Waals surface area contributed by atoms with E-state index in [1.807, 2.05) is 0 Å². The number of halogens is 4. The highest BCUT2D eigenvalue weighted by Crippen LogP contribution is 2.45. The number of carbonyl (C=O) groups excluding carboxylic acids is 1. The molecule has 6 rings (SSSR count). The first-order valence-corrected chi connectivity index (χ1v) is 11.1. The van der Waals surface area contributed by atoms with Crippen LogP contribution in [-0.2, 0) is 26.7 Å². The molecule has 0 aliphatic carbocycles. The van der Waals surface area contributed by atoms with Crippen LogP contribution in [0.2, 0.25) is 0 Å². The Morgan fingerprint density at radius 2 is 1.94 bits per heavy atom. The summed E-state index contributed by atoms with van der Waals surface area (Å²) in [5, 5.41) is 15.3. The van der Waals surface area contributed by atoms with Crippen LogP contribution in [-0.4, -0.2) is 51.6 Å². The summed E-state index contributed by atoms with van der Waals surface area (Å²) in [5.41, 5.74) is 1.80. The molecule has 1 fully saturated rings. The first-order chi connectivity index (χ1) is 16.6. The third-order valence-electron chi connectivity index (χ3n) is 6.91. The monoisotopic (exact) mass is 488 g/mol. The molecule has 0 unspecified atom stereocenters. The first-order valence-electron chi connectivity index (χ1n) is 11.1. The molecule has 9 nitrogen and oxygen atoms in total. The molecular weight excluding hydrogens is 468 g/mol. The second-order valence-corrected chi connectivity index (χ2v) is 9.01. The Kier molecular flexibility index (Phi) is 4.57. The third kappa shape index (κ3) is 3.24. The van der Waals surface area contributed by atoms with Crippen LogP contribution in [0, 0.1) is 5.82 Å². The summed E-state index contributed by atoms with van der Waals surface area (Å²) in [6.07, 6.45) is -0.815. The molecule has 1 amide bonds. The number of hydrogen-bond acceptors (Lipinski definition) is 5. The maximum absolute atomic E-state index is 13.8. The number of aryl methyl sites for hydroxylation is 2. The number of amides is 1. The van der Waals surface area contributed by atoms with Crippen molar-refractivity contribution < 1.29 is 22.4 Å². The summed E-state index contributed by atoms with van der Waals surface area (Å²) >= 11 is 0. The lowest BCUT2D eigenvalue weighted by Crippen LogP contribution is -2.50. The summed E-state index contributed by atoms with van der Waals surface area (Å²) in [5.74, 6) is -0.898. The van der Waals surface area contributed by atoms with Crippen LogP contribution in [0.1, 0.15) is 52.7 Å². The lowest BCUT2D eigenvalue weighted by atomic mass is 9.82. The number of H-pyrrole nitrogens is 1. The van der Waals surface area contributed by atoms with E-state index in [2.05, 4.69) is 25.4 Å². The van der Waals surface area contributed by atoms with Gasteiger partial charge in [-0.1, -0.05) is 0 Å². The average molecular weight is 488 g/mol. The van der Waals surface area contributed by atoms with Gasteiger partial charge in [0.2, 0.25) is 0 Å². The largest absolute Gasteiger partial charge is 0.435 e. The number of hydrogen-bond donors (Lipinski definition) is 1. The van der Waals surface area contributed by atoms with Gasteiger partial charge in [0.05, 0.1) is 34.7 Å². The summed E-state index contributed by atoms with van der Waals surface area (Å²) in [6, 6.07) is 1.71. The van der Waals surface area contributed by atoms with E-state index < -0.39 is 17.7 Å². The van der Waals surface area contributed by atoms with Gasteiger partial charge in [-0.25, -0.2) is 9.37 Å². The van der Waals surface area contributed by atoms with Gasteiger partial charge in [0.15, 0.2) is 11.3 Å². The molecule has 2 bridgehead atoms. The second kappa shape index (κ2) is 7.36.